The highest BCUT2D eigenvalue weighted by molar-refractivity contribution is 7.17. The maximum atomic E-state index is 12.8. The molecule has 0 bridgehead atoms. The molecule has 2 amide bonds. The molecule has 1 aromatic carbocycles. The van der Waals surface area contributed by atoms with Gasteiger partial charge in [-0.05, 0) is 28.5 Å². The zero-order valence-corrected chi connectivity index (χ0v) is 17.6. The normalized spacial score (nSPS) is 10.7. The van der Waals surface area contributed by atoms with Crippen molar-refractivity contribution in [3.05, 3.63) is 75.4 Å². The van der Waals surface area contributed by atoms with Crippen LogP contribution in [0.1, 0.15) is 20.9 Å². The summed E-state index contributed by atoms with van der Waals surface area (Å²) in [7, 11) is 0. The number of amides is 2. The minimum atomic E-state index is -0.247. The van der Waals surface area contributed by atoms with Gasteiger partial charge in [0.15, 0.2) is 0 Å². The summed E-state index contributed by atoms with van der Waals surface area (Å²) in [5.74, 6) is 0.258. The number of aromatic nitrogens is 2. The molecule has 4 aromatic rings. The van der Waals surface area contributed by atoms with Crippen molar-refractivity contribution in [3.63, 3.8) is 0 Å². The number of carbonyl (C=O) groups excluding carboxylic acids is 2. The second-order valence-electron chi connectivity index (χ2n) is 6.36. The molecule has 0 aliphatic heterocycles. The van der Waals surface area contributed by atoms with Gasteiger partial charge in [-0.2, -0.15) is 0 Å². The first kappa shape index (κ1) is 20.0. The zero-order valence-electron chi connectivity index (χ0n) is 15.9. The molecule has 3 heterocycles. The smallest absolute Gasteiger partial charge is 0.315 e. The molecule has 152 valence electrons. The minimum Gasteiger partial charge on any atom is -0.352 e. The number of ketones is 1. The number of anilines is 1. The third-order valence-electron chi connectivity index (χ3n) is 4.25. The van der Waals surface area contributed by atoms with E-state index >= 15 is 0 Å². The third-order valence-corrected chi connectivity index (χ3v) is 6.03. The van der Waals surface area contributed by atoms with Crippen molar-refractivity contribution in [1.82, 2.24) is 20.6 Å². The Kier molecular flexibility index (Phi) is 6.31. The molecule has 9 heteroatoms. The number of nitrogens with zero attached hydrogens (tertiary/aromatic N) is 2. The standard InChI is InChI=1S/C21H19N5O2S2/c27-18(16-7-4-11-29-16)17-19-15(8-12-30-19)25-20(26-17)22-9-10-23-21(28)24-13-14-5-2-1-3-6-14/h1-8,11-12H,9-10,13H2,(H,22,25,26)(H2,23,24,28). The average molecular weight is 438 g/mol. The van der Waals surface area contributed by atoms with Gasteiger partial charge in [-0.3, -0.25) is 4.79 Å². The van der Waals surface area contributed by atoms with Gasteiger partial charge in [0, 0.05) is 19.6 Å². The van der Waals surface area contributed by atoms with E-state index in [1.807, 2.05) is 53.2 Å². The van der Waals surface area contributed by atoms with Crippen LogP contribution in [0.15, 0.2) is 59.3 Å². The molecule has 30 heavy (non-hydrogen) atoms. The van der Waals surface area contributed by atoms with Gasteiger partial charge < -0.3 is 16.0 Å². The highest BCUT2D eigenvalue weighted by Crippen LogP contribution is 2.26. The Labute approximate surface area is 181 Å². The van der Waals surface area contributed by atoms with Gasteiger partial charge in [-0.1, -0.05) is 36.4 Å². The Morgan fingerprint density at radius 3 is 2.53 bits per heavy atom. The number of benzene rings is 1. The fourth-order valence-corrected chi connectivity index (χ4v) is 4.29. The van der Waals surface area contributed by atoms with Crippen LogP contribution in [0.2, 0.25) is 0 Å². The summed E-state index contributed by atoms with van der Waals surface area (Å²) < 4.78 is 0.775. The summed E-state index contributed by atoms with van der Waals surface area (Å²) in [5, 5.41) is 12.4. The number of fused-ring (bicyclic) bond motifs is 1. The van der Waals surface area contributed by atoms with E-state index in [0.717, 1.165) is 15.8 Å². The highest BCUT2D eigenvalue weighted by atomic mass is 32.1. The Bertz CT molecular complexity index is 1140. The maximum Gasteiger partial charge on any atom is 0.315 e. The van der Waals surface area contributed by atoms with E-state index < -0.39 is 0 Å². The SMILES string of the molecule is O=C(NCCNc1nc(C(=O)c2cccs2)c2sccc2n1)NCc1ccccc1. The summed E-state index contributed by atoms with van der Waals surface area (Å²) >= 11 is 2.84. The molecule has 0 spiro atoms. The summed E-state index contributed by atoms with van der Waals surface area (Å²) in [6.45, 7) is 1.28. The van der Waals surface area contributed by atoms with Crippen molar-refractivity contribution >= 4 is 50.7 Å². The maximum absolute atomic E-state index is 12.8. The van der Waals surface area contributed by atoms with Gasteiger partial charge in [0.2, 0.25) is 11.7 Å². The van der Waals surface area contributed by atoms with Crippen LogP contribution < -0.4 is 16.0 Å². The van der Waals surface area contributed by atoms with Crippen LogP contribution in [0.25, 0.3) is 10.2 Å². The molecule has 4 rings (SSSR count). The molecule has 0 radical (unpaired) electrons. The monoisotopic (exact) mass is 437 g/mol. The van der Waals surface area contributed by atoms with Gasteiger partial charge in [-0.25, -0.2) is 14.8 Å². The fourth-order valence-electron chi connectivity index (χ4n) is 2.81. The second kappa shape index (κ2) is 9.47. The number of urea groups is 1. The lowest BCUT2D eigenvalue weighted by atomic mass is 10.2. The molecule has 0 saturated heterocycles. The Balaban J connectivity index is 1.33. The lowest BCUT2D eigenvalue weighted by Gasteiger charge is -2.09. The zero-order chi connectivity index (χ0) is 20.8. The van der Waals surface area contributed by atoms with E-state index in [2.05, 4.69) is 25.9 Å². The van der Waals surface area contributed by atoms with E-state index in [-0.39, 0.29) is 11.8 Å². The van der Waals surface area contributed by atoms with Crippen molar-refractivity contribution in [2.75, 3.05) is 18.4 Å². The Morgan fingerprint density at radius 1 is 0.867 bits per heavy atom. The quantitative estimate of drug-likeness (QED) is 0.287. The van der Waals surface area contributed by atoms with Crippen molar-refractivity contribution in [2.24, 2.45) is 0 Å². The summed E-state index contributed by atoms with van der Waals surface area (Å²) in [6, 6.07) is 15.0. The first-order valence-electron chi connectivity index (χ1n) is 9.33. The van der Waals surface area contributed by atoms with Gasteiger partial charge in [-0.15, -0.1) is 22.7 Å². The largest absolute Gasteiger partial charge is 0.352 e. The minimum absolute atomic E-state index is 0.110. The molecule has 0 fully saturated rings. The molecule has 7 nitrogen and oxygen atoms in total. The van der Waals surface area contributed by atoms with Gasteiger partial charge in [0.05, 0.1) is 15.1 Å². The fraction of sp³-hybridized carbons (Fsp3) is 0.143. The van der Waals surface area contributed by atoms with E-state index in [0.29, 0.717) is 36.2 Å². The van der Waals surface area contributed by atoms with Crippen molar-refractivity contribution < 1.29 is 9.59 Å². The van der Waals surface area contributed by atoms with Crippen LogP contribution in [0, 0.1) is 0 Å². The van der Waals surface area contributed by atoms with Crippen LogP contribution in [0.4, 0.5) is 10.7 Å². The Morgan fingerprint density at radius 2 is 1.73 bits per heavy atom. The second-order valence-corrected chi connectivity index (χ2v) is 8.22. The summed E-state index contributed by atoms with van der Waals surface area (Å²) in [4.78, 5) is 34.3. The molecule has 0 aliphatic rings. The van der Waals surface area contributed by atoms with Crippen molar-refractivity contribution in [3.8, 4) is 0 Å². The summed E-state index contributed by atoms with van der Waals surface area (Å²) in [6.07, 6.45) is 0. The van der Waals surface area contributed by atoms with Gasteiger partial charge >= 0.3 is 6.03 Å². The number of nitrogens with one attached hydrogen (secondary N) is 3. The number of rotatable bonds is 8. The van der Waals surface area contributed by atoms with Crippen LogP contribution in [-0.2, 0) is 6.54 Å². The molecular weight excluding hydrogens is 418 g/mol. The van der Waals surface area contributed by atoms with Crippen molar-refractivity contribution in [2.45, 2.75) is 6.54 Å². The van der Waals surface area contributed by atoms with E-state index in [4.69, 9.17) is 0 Å². The number of carbonyl (C=O) groups is 2. The molecule has 0 unspecified atom stereocenters. The molecule has 3 aromatic heterocycles. The molecule has 0 aliphatic carbocycles. The first-order valence-corrected chi connectivity index (χ1v) is 11.1. The first-order chi connectivity index (χ1) is 14.7. The van der Waals surface area contributed by atoms with Crippen LogP contribution in [0.3, 0.4) is 0 Å². The van der Waals surface area contributed by atoms with Crippen molar-refractivity contribution in [1.29, 1.82) is 0 Å². The lowest BCUT2D eigenvalue weighted by molar-refractivity contribution is 0.103. The molecule has 3 N–H and O–H groups in total. The summed E-state index contributed by atoms with van der Waals surface area (Å²) in [5.41, 5.74) is 2.16. The van der Waals surface area contributed by atoms with Crippen LogP contribution >= 0.6 is 22.7 Å². The van der Waals surface area contributed by atoms with Crippen LogP contribution in [-0.4, -0.2) is 34.9 Å². The molecular formula is C21H19N5O2S2. The predicted octanol–water partition coefficient (Wildman–Crippen LogP) is 3.90. The predicted molar refractivity (Wildman–Crippen MR) is 120 cm³/mol. The van der Waals surface area contributed by atoms with E-state index in [1.165, 1.54) is 22.7 Å². The third kappa shape index (κ3) is 4.81. The number of hydrogen-bond acceptors (Lipinski definition) is 7. The number of thiophene rings is 2. The van der Waals surface area contributed by atoms with E-state index in [1.54, 1.807) is 6.07 Å². The number of hydrogen-bond donors (Lipinski definition) is 3. The Hall–Kier alpha value is -3.30. The molecule has 0 saturated carbocycles. The highest BCUT2D eigenvalue weighted by Gasteiger charge is 2.18. The van der Waals surface area contributed by atoms with Crippen LogP contribution in [0.5, 0.6) is 0 Å². The molecule has 0 atom stereocenters. The van der Waals surface area contributed by atoms with E-state index in [9.17, 15) is 9.59 Å². The topological polar surface area (TPSA) is 96.0 Å². The van der Waals surface area contributed by atoms with Gasteiger partial charge in [0.25, 0.3) is 0 Å². The average Bonchev–Trinajstić information content (AvgIpc) is 3.47. The lowest BCUT2D eigenvalue weighted by Crippen LogP contribution is -2.37. The van der Waals surface area contributed by atoms with Gasteiger partial charge in [0.1, 0.15) is 5.69 Å².